The number of hydrogen-bond donors (Lipinski definition) is 2. The van der Waals surface area contributed by atoms with Gasteiger partial charge in [0.05, 0.1) is 12.6 Å². The molecule has 7 nitrogen and oxygen atoms in total. The van der Waals surface area contributed by atoms with E-state index in [1.165, 1.54) is 6.33 Å². The van der Waals surface area contributed by atoms with E-state index in [1.54, 1.807) is 4.90 Å². The van der Waals surface area contributed by atoms with Gasteiger partial charge in [0.1, 0.15) is 23.8 Å². The fraction of sp³-hybridized carbons (Fsp3) is 0.375. The van der Waals surface area contributed by atoms with Crippen LogP contribution in [0, 0.1) is 11.6 Å². The quantitative estimate of drug-likeness (QED) is 0.876. The number of nitrogens with zero attached hydrogens (tertiary/aromatic N) is 3. The zero-order chi connectivity index (χ0) is 17.8. The van der Waals surface area contributed by atoms with Crippen LogP contribution in [0.3, 0.4) is 0 Å². The molecule has 2 aromatic rings. The fourth-order valence-corrected chi connectivity index (χ4v) is 2.93. The van der Waals surface area contributed by atoms with Crippen molar-refractivity contribution in [3.8, 4) is 0 Å². The first-order valence-electron chi connectivity index (χ1n) is 7.93. The molecule has 2 N–H and O–H groups in total. The van der Waals surface area contributed by atoms with Crippen molar-refractivity contribution in [3.63, 3.8) is 0 Å². The minimum Gasteiger partial charge on any atom is -0.343 e. The number of piperidine rings is 1. The van der Waals surface area contributed by atoms with Crippen LogP contribution >= 0.6 is 0 Å². The van der Waals surface area contributed by atoms with Crippen LogP contribution < -0.4 is 5.32 Å². The smallest absolute Gasteiger partial charge is 0.251 e. The Labute approximate surface area is 142 Å². The van der Waals surface area contributed by atoms with E-state index in [2.05, 4.69) is 20.5 Å². The van der Waals surface area contributed by atoms with Crippen LogP contribution in [0.2, 0.25) is 0 Å². The lowest BCUT2D eigenvalue weighted by molar-refractivity contribution is -0.134. The zero-order valence-corrected chi connectivity index (χ0v) is 13.3. The first-order valence-corrected chi connectivity index (χ1v) is 7.93. The van der Waals surface area contributed by atoms with Crippen molar-refractivity contribution in [1.29, 1.82) is 0 Å². The maximum absolute atomic E-state index is 13.2. The molecule has 0 saturated carbocycles. The van der Waals surface area contributed by atoms with Crippen LogP contribution in [0.15, 0.2) is 24.5 Å². The molecule has 0 spiro atoms. The largest absolute Gasteiger partial charge is 0.343 e. The standard InChI is InChI=1S/C16H17F2N5O2/c17-11-5-10(6-12(18)7-11)16(25)19-8-14(24)23-4-2-1-3-13(23)15-20-9-21-22-15/h5-7,9,13H,1-4,8H2,(H,19,25)(H,20,21,22). The molecule has 2 amide bonds. The van der Waals surface area contributed by atoms with Crippen molar-refractivity contribution in [1.82, 2.24) is 25.4 Å². The summed E-state index contributed by atoms with van der Waals surface area (Å²) in [7, 11) is 0. The van der Waals surface area contributed by atoms with E-state index >= 15 is 0 Å². The second kappa shape index (κ2) is 7.37. The van der Waals surface area contributed by atoms with E-state index in [4.69, 9.17) is 0 Å². The second-order valence-corrected chi connectivity index (χ2v) is 5.81. The molecule has 1 aromatic carbocycles. The number of hydrogen-bond acceptors (Lipinski definition) is 4. The Bertz CT molecular complexity index is 746. The van der Waals surface area contributed by atoms with Gasteiger partial charge in [0.2, 0.25) is 5.91 Å². The fourth-order valence-electron chi connectivity index (χ4n) is 2.93. The van der Waals surface area contributed by atoms with Gasteiger partial charge < -0.3 is 10.2 Å². The summed E-state index contributed by atoms with van der Waals surface area (Å²) in [5, 5.41) is 8.98. The minimum atomic E-state index is -0.849. The topological polar surface area (TPSA) is 91.0 Å². The predicted octanol–water partition coefficient (Wildman–Crippen LogP) is 1.57. The average molecular weight is 349 g/mol. The molecule has 0 bridgehead atoms. The molecule has 25 heavy (non-hydrogen) atoms. The minimum absolute atomic E-state index is 0.171. The Morgan fingerprint density at radius 1 is 1.24 bits per heavy atom. The van der Waals surface area contributed by atoms with Crippen LogP contribution in [0.4, 0.5) is 8.78 Å². The highest BCUT2D eigenvalue weighted by Gasteiger charge is 2.29. The summed E-state index contributed by atoms with van der Waals surface area (Å²) in [6, 6.07) is 2.30. The van der Waals surface area contributed by atoms with Gasteiger partial charge in [-0.15, -0.1) is 0 Å². The predicted molar refractivity (Wildman–Crippen MR) is 83.4 cm³/mol. The molecule has 1 aromatic heterocycles. The van der Waals surface area contributed by atoms with Crippen molar-refractivity contribution in [2.24, 2.45) is 0 Å². The molecule has 1 saturated heterocycles. The average Bonchev–Trinajstić information content (AvgIpc) is 3.13. The summed E-state index contributed by atoms with van der Waals surface area (Å²) in [4.78, 5) is 30.2. The molecule has 9 heteroatoms. The Kier molecular flexibility index (Phi) is 5.01. The van der Waals surface area contributed by atoms with Crippen LogP contribution in [-0.2, 0) is 4.79 Å². The van der Waals surface area contributed by atoms with Crippen molar-refractivity contribution >= 4 is 11.8 Å². The lowest BCUT2D eigenvalue weighted by Gasteiger charge is -2.34. The van der Waals surface area contributed by atoms with Crippen LogP contribution in [0.1, 0.15) is 41.5 Å². The van der Waals surface area contributed by atoms with Gasteiger partial charge in [0.15, 0.2) is 0 Å². The lowest BCUT2D eigenvalue weighted by Crippen LogP contribution is -2.44. The summed E-state index contributed by atoms with van der Waals surface area (Å²) in [6.07, 6.45) is 3.96. The molecule has 2 heterocycles. The highest BCUT2D eigenvalue weighted by Crippen LogP contribution is 2.28. The third kappa shape index (κ3) is 3.98. The molecule has 1 aliphatic rings. The number of benzene rings is 1. The number of amides is 2. The number of carbonyl (C=O) groups is 2. The van der Waals surface area contributed by atoms with Crippen LogP contribution in [0.25, 0.3) is 0 Å². The maximum atomic E-state index is 13.2. The van der Waals surface area contributed by atoms with Crippen molar-refractivity contribution in [2.45, 2.75) is 25.3 Å². The molecular weight excluding hydrogens is 332 g/mol. The number of H-pyrrole nitrogens is 1. The first kappa shape index (κ1) is 17.0. The molecule has 0 aliphatic carbocycles. The Hall–Kier alpha value is -2.84. The van der Waals surface area contributed by atoms with Gasteiger partial charge in [-0.25, -0.2) is 13.8 Å². The normalized spacial score (nSPS) is 17.4. The monoisotopic (exact) mass is 349 g/mol. The van der Waals surface area contributed by atoms with E-state index in [9.17, 15) is 18.4 Å². The van der Waals surface area contributed by atoms with Gasteiger partial charge in [0, 0.05) is 18.2 Å². The number of aromatic nitrogens is 3. The van der Waals surface area contributed by atoms with E-state index in [1.807, 2.05) is 0 Å². The van der Waals surface area contributed by atoms with E-state index in [0.29, 0.717) is 18.4 Å². The Morgan fingerprint density at radius 2 is 2.00 bits per heavy atom. The lowest BCUT2D eigenvalue weighted by atomic mass is 10.0. The number of aromatic amines is 1. The highest BCUT2D eigenvalue weighted by atomic mass is 19.1. The van der Waals surface area contributed by atoms with Gasteiger partial charge in [-0.05, 0) is 31.4 Å². The van der Waals surface area contributed by atoms with Crippen molar-refractivity contribution < 1.29 is 18.4 Å². The molecule has 1 unspecified atom stereocenters. The molecule has 132 valence electrons. The second-order valence-electron chi connectivity index (χ2n) is 5.81. The summed E-state index contributed by atoms with van der Waals surface area (Å²) in [5.74, 6) is -2.09. The molecule has 1 aliphatic heterocycles. The number of nitrogens with one attached hydrogen (secondary N) is 2. The summed E-state index contributed by atoms with van der Waals surface area (Å²) in [6.45, 7) is 0.288. The summed E-state index contributed by atoms with van der Waals surface area (Å²) < 4.78 is 26.3. The molecule has 1 fully saturated rings. The Morgan fingerprint density at radius 3 is 2.68 bits per heavy atom. The first-order chi connectivity index (χ1) is 12.0. The van der Waals surface area contributed by atoms with Crippen LogP contribution in [0.5, 0.6) is 0 Å². The van der Waals surface area contributed by atoms with E-state index < -0.39 is 17.5 Å². The van der Waals surface area contributed by atoms with Crippen molar-refractivity contribution in [3.05, 3.63) is 47.5 Å². The summed E-state index contributed by atoms with van der Waals surface area (Å²) in [5.41, 5.74) is -0.171. The number of carbonyl (C=O) groups excluding carboxylic acids is 2. The molecule has 3 rings (SSSR count). The van der Waals surface area contributed by atoms with Gasteiger partial charge in [-0.1, -0.05) is 0 Å². The third-order valence-corrected chi connectivity index (χ3v) is 4.10. The SMILES string of the molecule is O=C(NCC(=O)N1CCCCC1c1ncn[nH]1)c1cc(F)cc(F)c1. The van der Waals surface area contributed by atoms with Gasteiger partial charge in [0.25, 0.3) is 5.91 Å². The van der Waals surface area contributed by atoms with Gasteiger partial charge >= 0.3 is 0 Å². The zero-order valence-electron chi connectivity index (χ0n) is 13.3. The number of halogens is 2. The molecule has 1 atom stereocenters. The maximum Gasteiger partial charge on any atom is 0.251 e. The number of rotatable bonds is 4. The van der Waals surface area contributed by atoms with Gasteiger partial charge in [-0.2, -0.15) is 5.10 Å². The van der Waals surface area contributed by atoms with E-state index in [-0.39, 0.29) is 24.1 Å². The highest BCUT2D eigenvalue weighted by molar-refractivity contribution is 5.96. The van der Waals surface area contributed by atoms with Crippen LogP contribution in [-0.4, -0.2) is 45.0 Å². The van der Waals surface area contributed by atoms with Crippen molar-refractivity contribution in [2.75, 3.05) is 13.1 Å². The summed E-state index contributed by atoms with van der Waals surface area (Å²) >= 11 is 0. The third-order valence-electron chi connectivity index (χ3n) is 4.10. The van der Waals surface area contributed by atoms with Gasteiger partial charge in [-0.3, -0.25) is 14.7 Å². The molecule has 0 radical (unpaired) electrons. The molecular formula is C16H17F2N5O2. The van der Waals surface area contributed by atoms with E-state index in [0.717, 1.165) is 31.4 Å². The Balaban J connectivity index is 1.63. The number of likely N-dealkylation sites (tertiary alicyclic amines) is 1.